The van der Waals surface area contributed by atoms with E-state index in [9.17, 15) is 30.3 Å². The van der Waals surface area contributed by atoms with Crippen molar-refractivity contribution in [2.45, 2.75) is 346 Å². The molecule has 0 radical (unpaired) electrons. The van der Waals surface area contributed by atoms with E-state index in [1.165, 1.54) is 218 Å². The van der Waals surface area contributed by atoms with Crippen LogP contribution in [0.1, 0.15) is 303 Å². The molecular weight excluding hydrogens is 923 g/mol. The number of aliphatic hydroxyl groups is 5. The Hall–Kier alpha value is -1.85. The van der Waals surface area contributed by atoms with Gasteiger partial charge in [-0.25, -0.2) is 0 Å². The van der Waals surface area contributed by atoms with Crippen LogP contribution in [0.5, 0.6) is 0 Å². The standard InChI is InChI=1S/C65H121NO8/c1-3-5-7-9-11-13-15-17-19-21-23-25-26-27-28-29-30-31-32-33-35-36-38-40-42-44-46-48-50-52-54-59(68)58(57-73-65-64(72)63(71)62(70)60(56-67)74-65)66-61(69)55-53-51-49-47-45-43-41-39-37-34-24-22-20-18-16-14-12-10-8-6-4-2/h16,18,22,24,37,39,52,54,58-60,62-65,67-68,70-72H,3-15,17,19-21,23,25-36,38,40-51,53,55-57H2,1-2H3,(H,66,69)/b18-16-,24-22-,39-37-,54-52+. The number of hydrogen-bond donors (Lipinski definition) is 6. The van der Waals surface area contributed by atoms with Crippen molar-refractivity contribution in [3.63, 3.8) is 0 Å². The lowest BCUT2D eigenvalue weighted by atomic mass is 9.99. The molecule has 7 atom stereocenters. The highest BCUT2D eigenvalue weighted by Gasteiger charge is 2.44. The first-order valence-electron chi connectivity index (χ1n) is 31.9. The lowest BCUT2D eigenvalue weighted by Gasteiger charge is -2.40. The number of amides is 1. The Labute approximate surface area is 456 Å². The highest BCUT2D eigenvalue weighted by molar-refractivity contribution is 5.76. The largest absolute Gasteiger partial charge is 0.394 e. The monoisotopic (exact) mass is 1040 g/mol. The molecule has 0 aromatic rings. The number of allylic oxidation sites excluding steroid dienone is 7. The predicted octanol–water partition coefficient (Wildman–Crippen LogP) is 16.5. The molecule has 9 nitrogen and oxygen atoms in total. The Morgan fingerprint density at radius 2 is 0.797 bits per heavy atom. The molecule has 0 aromatic carbocycles. The summed E-state index contributed by atoms with van der Waals surface area (Å²) in [5.41, 5.74) is 0. The van der Waals surface area contributed by atoms with Gasteiger partial charge in [-0.2, -0.15) is 0 Å². The van der Waals surface area contributed by atoms with Crippen LogP contribution >= 0.6 is 0 Å². The van der Waals surface area contributed by atoms with E-state index in [1.54, 1.807) is 6.08 Å². The second-order valence-electron chi connectivity index (χ2n) is 22.2. The molecule has 1 aliphatic heterocycles. The minimum Gasteiger partial charge on any atom is -0.394 e. The van der Waals surface area contributed by atoms with Crippen molar-refractivity contribution in [3.8, 4) is 0 Å². The van der Waals surface area contributed by atoms with Gasteiger partial charge in [-0.3, -0.25) is 4.79 Å². The summed E-state index contributed by atoms with van der Waals surface area (Å²) in [6, 6.07) is -0.815. The highest BCUT2D eigenvalue weighted by Crippen LogP contribution is 2.23. The molecule has 0 aromatic heterocycles. The normalized spacial score (nSPS) is 19.3. The number of nitrogens with one attached hydrogen (secondary N) is 1. The average molecular weight is 1040 g/mol. The fourth-order valence-corrected chi connectivity index (χ4v) is 10.1. The summed E-state index contributed by atoms with van der Waals surface area (Å²) in [4.78, 5) is 13.1. The summed E-state index contributed by atoms with van der Waals surface area (Å²) in [6.07, 6.45) is 66.2. The van der Waals surface area contributed by atoms with E-state index in [0.29, 0.717) is 6.42 Å². The summed E-state index contributed by atoms with van der Waals surface area (Å²) in [5, 5.41) is 54.6. The molecule has 7 unspecified atom stereocenters. The summed E-state index contributed by atoms with van der Waals surface area (Å²) in [6.45, 7) is 3.79. The van der Waals surface area contributed by atoms with E-state index in [1.807, 2.05) is 6.08 Å². The van der Waals surface area contributed by atoms with Crippen molar-refractivity contribution in [3.05, 3.63) is 48.6 Å². The Bertz CT molecular complexity index is 1300. The second-order valence-corrected chi connectivity index (χ2v) is 22.2. The van der Waals surface area contributed by atoms with Gasteiger partial charge >= 0.3 is 0 Å². The lowest BCUT2D eigenvalue weighted by molar-refractivity contribution is -0.302. The number of hydrogen-bond acceptors (Lipinski definition) is 8. The lowest BCUT2D eigenvalue weighted by Crippen LogP contribution is -2.60. The maximum atomic E-state index is 13.1. The van der Waals surface area contributed by atoms with Gasteiger partial charge < -0.3 is 40.3 Å². The third kappa shape index (κ3) is 43.2. The molecule has 434 valence electrons. The van der Waals surface area contributed by atoms with Gasteiger partial charge in [0.25, 0.3) is 0 Å². The van der Waals surface area contributed by atoms with Crippen LogP contribution in [-0.4, -0.2) is 87.5 Å². The maximum absolute atomic E-state index is 13.1. The molecule has 1 aliphatic rings. The third-order valence-electron chi connectivity index (χ3n) is 15.1. The van der Waals surface area contributed by atoms with Gasteiger partial charge in [0.1, 0.15) is 24.4 Å². The SMILES string of the molecule is CCCCCCC/C=C\C/C=C\C/C=C\CCCCCCCCC(=O)NC(COC1OC(CO)C(O)C(O)C1O)C(O)/C=C/CCCCCCCCCCCCCCCCCCCCCCCCCCCCCC. The third-order valence-corrected chi connectivity index (χ3v) is 15.1. The highest BCUT2D eigenvalue weighted by atomic mass is 16.7. The van der Waals surface area contributed by atoms with E-state index in [0.717, 1.165) is 64.2 Å². The molecule has 0 aliphatic carbocycles. The van der Waals surface area contributed by atoms with Gasteiger partial charge in [0.05, 0.1) is 25.4 Å². The molecule has 1 saturated heterocycles. The van der Waals surface area contributed by atoms with E-state index >= 15 is 0 Å². The van der Waals surface area contributed by atoms with Crippen LogP contribution in [0.15, 0.2) is 48.6 Å². The molecule has 1 heterocycles. The first-order valence-corrected chi connectivity index (χ1v) is 31.9. The first-order chi connectivity index (χ1) is 36.3. The number of carbonyl (C=O) groups is 1. The zero-order valence-corrected chi connectivity index (χ0v) is 48.4. The summed E-state index contributed by atoms with van der Waals surface area (Å²) in [7, 11) is 0. The fraction of sp³-hybridized carbons (Fsp3) is 0.862. The maximum Gasteiger partial charge on any atom is 0.220 e. The molecule has 74 heavy (non-hydrogen) atoms. The average Bonchev–Trinajstić information content (AvgIpc) is 3.40. The molecule has 6 N–H and O–H groups in total. The molecular formula is C65H121NO8. The minimum absolute atomic E-state index is 0.186. The molecule has 0 spiro atoms. The van der Waals surface area contributed by atoms with Crippen molar-refractivity contribution in [2.24, 2.45) is 0 Å². The quantitative estimate of drug-likeness (QED) is 0.0261. The summed E-state index contributed by atoms with van der Waals surface area (Å²) < 4.78 is 11.3. The van der Waals surface area contributed by atoms with E-state index < -0.39 is 49.5 Å². The first kappa shape index (κ1) is 70.2. The van der Waals surface area contributed by atoms with Crippen molar-refractivity contribution in [1.82, 2.24) is 5.32 Å². The molecule has 0 bridgehead atoms. The summed E-state index contributed by atoms with van der Waals surface area (Å²) >= 11 is 0. The van der Waals surface area contributed by atoms with Crippen molar-refractivity contribution in [1.29, 1.82) is 0 Å². The van der Waals surface area contributed by atoms with Crippen molar-refractivity contribution in [2.75, 3.05) is 13.2 Å². The number of ether oxygens (including phenoxy) is 2. The Morgan fingerprint density at radius 1 is 0.459 bits per heavy atom. The molecule has 1 rings (SSSR count). The number of aliphatic hydroxyl groups excluding tert-OH is 5. The Balaban J connectivity index is 2.18. The summed E-state index contributed by atoms with van der Waals surface area (Å²) in [5.74, 6) is -0.186. The van der Waals surface area contributed by atoms with Crippen LogP contribution in [-0.2, 0) is 14.3 Å². The molecule has 1 amide bonds. The van der Waals surface area contributed by atoms with E-state index in [4.69, 9.17) is 9.47 Å². The zero-order chi connectivity index (χ0) is 53.6. The van der Waals surface area contributed by atoms with Crippen LogP contribution in [0.25, 0.3) is 0 Å². The second kappa shape index (κ2) is 54.5. The topological polar surface area (TPSA) is 149 Å². The van der Waals surface area contributed by atoms with Crippen molar-refractivity contribution < 1.29 is 39.8 Å². The van der Waals surface area contributed by atoms with Gasteiger partial charge in [-0.15, -0.1) is 0 Å². The molecule has 9 heteroatoms. The van der Waals surface area contributed by atoms with Crippen LogP contribution < -0.4 is 5.32 Å². The number of rotatable bonds is 55. The van der Waals surface area contributed by atoms with Gasteiger partial charge in [0.2, 0.25) is 5.91 Å². The smallest absolute Gasteiger partial charge is 0.220 e. The van der Waals surface area contributed by atoms with Gasteiger partial charge in [-0.05, 0) is 57.8 Å². The fourth-order valence-electron chi connectivity index (χ4n) is 10.1. The minimum atomic E-state index is -1.57. The van der Waals surface area contributed by atoms with Crippen LogP contribution in [0.2, 0.25) is 0 Å². The van der Waals surface area contributed by atoms with Gasteiger partial charge in [-0.1, -0.05) is 287 Å². The van der Waals surface area contributed by atoms with E-state index in [-0.39, 0.29) is 12.5 Å². The van der Waals surface area contributed by atoms with Gasteiger partial charge in [0.15, 0.2) is 6.29 Å². The van der Waals surface area contributed by atoms with Crippen molar-refractivity contribution >= 4 is 5.91 Å². The van der Waals surface area contributed by atoms with Gasteiger partial charge in [0, 0.05) is 6.42 Å². The Kier molecular flexibility index (Phi) is 51.7. The zero-order valence-electron chi connectivity index (χ0n) is 48.4. The van der Waals surface area contributed by atoms with Crippen LogP contribution in [0, 0.1) is 0 Å². The number of unbranched alkanes of at least 4 members (excludes halogenated alkanes) is 39. The Morgan fingerprint density at radius 3 is 1.18 bits per heavy atom. The number of carbonyl (C=O) groups excluding carboxylic acids is 1. The predicted molar refractivity (Wildman–Crippen MR) is 313 cm³/mol. The molecule has 0 saturated carbocycles. The van der Waals surface area contributed by atoms with Crippen LogP contribution in [0.3, 0.4) is 0 Å². The van der Waals surface area contributed by atoms with E-state index in [2.05, 4.69) is 55.6 Å². The van der Waals surface area contributed by atoms with Crippen LogP contribution in [0.4, 0.5) is 0 Å². The molecule has 1 fully saturated rings.